The van der Waals surface area contributed by atoms with Crippen molar-refractivity contribution in [3.8, 4) is 0 Å². The SMILES string of the molecule is CNC(c1cccc(Br)c1F)C1(c2ccccc2)CC1. The van der Waals surface area contributed by atoms with Crippen LogP contribution in [0.15, 0.2) is 53.0 Å². The predicted molar refractivity (Wildman–Crippen MR) is 83.3 cm³/mol. The lowest BCUT2D eigenvalue weighted by Crippen LogP contribution is -2.30. The lowest BCUT2D eigenvalue weighted by molar-refractivity contribution is 0.440. The average Bonchev–Trinajstić information content (AvgIpc) is 3.27. The zero-order valence-electron chi connectivity index (χ0n) is 11.4. The van der Waals surface area contributed by atoms with E-state index in [1.165, 1.54) is 5.56 Å². The van der Waals surface area contributed by atoms with Gasteiger partial charge in [0.2, 0.25) is 0 Å². The second-order valence-corrected chi connectivity index (χ2v) is 6.24. The van der Waals surface area contributed by atoms with Gasteiger partial charge in [-0.15, -0.1) is 0 Å². The minimum Gasteiger partial charge on any atom is -0.312 e. The van der Waals surface area contributed by atoms with Crippen molar-refractivity contribution in [2.45, 2.75) is 24.3 Å². The molecule has 104 valence electrons. The molecule has 1 atom stereocenters. The summed E-state index contributed by atoms with van der Waals surface area (Å²) in [5.41, 5.74) is 2.06. The van der Waals surface area contributed by atoms with E-state index in [0.717, 1.165) is 18.4 Å². The Balaban J connectivity index is 2.05. The highest BCUT2D eigenvalue weighted by Gasteiger charge is 2.51. The van der Waals surface area contributed by atoms with Gasteiger partial charge in [0.25, 0.3) is 0 Å². The van der Waals surface area contributed by atoms with E-state index in [-0.39, 0.29) is 17.3 Å². The highest BCUT2D eigenvalue weighted by atomic mass is 79.9. The monoisotopic (exact) mass is 333 g/mol. The molecule has 1 N–H and O–H groups in total. The maximum atomic E-state index is 14.4. The molecule has 1 nitrogen and oxygen atoms in total. The van der Waals surface area contributed by atoms with Gasteiger partial charge in [-0.05, 0) is 47.4 Å². The average molecular weight is 334 g/mol. The molecule has 1 aliphatic carbocycles. The quantitative estimate of drug-likeness (QED) is 0.863. The van der Waals surface area contributed by atoms with Gasteiger partial charge in [0.1, 0.15) is 5.82 Å². The van der Waals surface area contributed by atoms with Crippen LogP contribution in [0.3, 0.4) is 0 Å². The van der Waals surface area contributed by atoms with Crippen LogP contribution < -0.4 is 5.32 Å². The molecule has 1 saturated carbocycles. The smallest absolute Gasteiger partial charge is 0.142 e. The Morgan fingerprint density at radius 1 is 1.10 bits per heavy atom. The first-order chi connectivity index (χ1) is 9.69. The lowest BCUT2D eigenvalue weighted by Gasteiger charge is -2.28. The number of hydrogen-bond donors (Lipinski definition) is 1. The molecule has 0 bridgehead atoms. The molecule has 0 aliphatic heterocycles. The maximum absolute atomic E-state index is 14.4. The summed E-state index contributed by atoms with van der Waals surface area (Å²) in [6.45, 7) is 0. The molecule has 2 aromatic rings. The molecule has 0 amide bonds. The fourth-order valence-electron chi connectivity index (χ4n) is 3.12. The molecule has 20 heavy (non-hydrogen) atoms. The van der Waals surface area contributed by atoms with Gasteiger partial charge in [0.15, 0.2) is 0 Å². The van der Waals surface area contributed by atoms with Crippen LogP contribution in [-0.2, 0) is 5.41 Å². The number of nitrogens with one attached hydrogen (secondary N) is 1. The standard InChI is InChI=1S/C17H17BrFN/c1-20-16(13-8-5-9-14(18)15(13)19)17(10-11-17)12-6-3-2-4-7-12/h2-9,16,20H,10-11H2,1H3. The van der Waals surface area contributed by atoms with E-state index in [9.17, 15) is 4.39 Å². The zero-order chi connectivity index (χ0) is 14.2. The third-order valence-corrected chi connectivity index (χ3v) is 4.88. The van der Waals surface area contributed by atoms with Crippen LogP contribution in [0.2, 0.25) is 0 Å². The topological polar surface area (TPSA) is 12.0 Å². The summed E-state index contributed by atoms with van der Waals surface area (Å²) in [4.78, 5) is 0. The first-order valence-corrected chi connectivity index (χ1v) is 7.65. The molecule has 0 heterocycles. The lowest BCUT2D eigenvalue weighted by atomic mass is 9.84. The highest BCUT2D eigenvalue weighted by molar-refractivity contribution is 9.10. The van der Waals surface area contributed by atoms with E-state index in [0.29, 0.717) is 4.47 Å². The Bertz CT molecular complexity index is 608. The predicted octanol–water partition coefficient (Wildman–Crippen LogP) is 4.58. The molecule has 3 heteroatoms. The third-order valence-electron chi connectivity index (χ3n) is 4.27. The van der Waals surface area contributed by atoms with Gasteiger partial charge in [-0.25, -0.2) is 4.39 Å². The normalized spacial score (nSPS) is 17.8. The van der Waals surface area contributed by atoms with Crippen molar-refractivity contribution in [1.82, 2.24) is 5.32 Å². The number of halogens is 2. The Morgan fingerprint density at radius 2 is 1.80 bits per heavy atom. The summed E-state index contributed by atoms with van der Waals surface area (Å²) in [6, 6.07) is 15.9. The van der Waals surface area contributed by atoms with E-state index in [2.05, 4.69) is 45.5 Å². The number of hydrogen-bond acceptors (Lipinski definition) is 1. The van der Waals surface area contributed by atoms with E-state index >= 15 is 0 Å². The summed E-state index contributed by atoms with van der Waals surface area (Å²) < 4.78 is 15.0. The van der Waals surface area contributed by atoms with Crippen molar-refractivity contribution in [1.29, 1.82) is 0 Å². The van der Waals surface area contributed by atoms with Gasteiger partial charge in [-0.2, -0.15) is 0 Å². The molecule has 2 aromatic carbocycles. The molecule has 0 radical (unpaired) electrons. The molecule has 3 rings (SSSR count). The summed E-state index contributed by atoms with van der Waals surface area (Å²) in [7, 11) is 1.91. The van der Waals surface area contributed by atoms with Gasteiger partial charge >= 0.3 is 0 Å². The Labute approximate surface area is 127 Å². The number of likely N-dealkylation sites (N-methyl/N-ethyl adjacent to an activating group) is 1. The molecule has 0 saturated heterocycles. The van der Waals surface area contributed by atoms with E-state index in [4.69, 9.17) is 0 Å². The van der Waals surface area contributed by atoms with Crippen LogP contribution in [0.4, 0.5) is 4.39 Å². The fourth-order valence-corrected chi connectivity index (χ4v) is 3.50. The van der Waals surface area contributed by atoms with Crippen LogP contribution in [0.1, 0.15) is 30.0 Å². The number of benzene rings is 2. The summed E-state index contributed by atoms with van der Waals surface area (Å²) in [6.07, 6.45) is 2.18. The zero-order valence-corrected chi connectivity index (χ0v) is 13.0. The Morgan fingerprint density at radius 3 is 2.40 bits per heavy atom. The van der Waals surface area contributed by atoms with Gasteiger partial charge < -0.3 is 5.32 Å². The molecule has 0 aromatic heterocycles. The Kier molecular flexibility index (Phi) is 3.65. The van der Waals surface area contributed by atoms with Gasteiger partial charge in [-0.3, -0.25) is 0 Å². The summed E-state index contributed by atoms with van der Waals surface area (Å²) >= 11 is 3.28. The second kappa shape index (κ2) is 5.30. The van der Waals surface area contributed by atoms with Crippen LogP contribution in [0, 0.1) is 5.82 Å². The Hall–Kier alpha value is -1.19. The minimum absolute atomic E-state index is 0.00222. The highest BCUT2D eigenvalue weighted by Crippen LogP contribution is 2.56. The van der Waals surface area contributed by atoms with E-state index in [1.54, 1.807) is 6.07 Å². The van der Waals surface area contributed by atoms with Crippen molar-refractivity contribution in [3.05, 3.63) is 69.9 Å². The van der Waals surface area contributed by atoms with E-state index in [1.807, 2.05) is 25.2 Å². The van der Waals surface area contributed by atoms with Crippen molar-refractivity contribution in [3.63, 3.8) is 0 Å². The van der Waals surface area contributed by atoms with Crippen LogP contribution in [0.25, 0.3) is 0 Å². The molecule has 1 aliphatic rings. The molecular weight excluding hydrogens is 317 g/mol. The van der Waals surface area contributed by atoms with Crippen molar-refractivity contribution >= 4 is 15.9 Å². The number of rotatable bonds is 4. The summed E-state index contributed by atoms with van der Waals surface area (Å²) in [5, 5.41) is 3.33. The largest absolute Gasteiger partial charge is 0.312 e. The van der Waals surface area contributed by atoms with Crippen molar-refractivity contribution < 1.29 is 4.39 Å². The molecule has 0 spiro atoms. The van der Waals surface area contributed by atoms with Crippen molar-refractivity contribution in [2.24, 2.45) is 0 Å². The van der Waals surface area contributed by atoms with Gasteiger partial charge in [-0.1, -0.05) is 42.5 Å². The van der Waals surface area contributed by atoms with Gasteiger partial charge in [0, 0.05) is 17.0 Å². The molecular formula is C17H17BrFN. The maximum Gasteiger partial charge on any atom is 0.142 e. The van der Waals surface area contributed by atoms with E-state index < -0.39 is 0 Å². The minimum atomic E-state index is -0.158. The van der Waals surface area contributed by atoms with Crippen LogP contribution in [0.5, 0.6) is 0 Å². The third kappa shape index (κ3) is 2.19. The van der Waals surface area contributed by atoms with Crippen LogP contribution >= 0.6 is 15.9 Å². The molecule has 1 unspecified atom stereocenters. The van der Waals surface area contributed by atoms with Crippen LogP contribution in [-0.4, -0.2) is 7.05 Å². The first-order valence-electron chi connectivity index (χ1n) is 6.86. The molecule has 1 fully saturated rings. The summed E-state index contributed by atoms with van der Waals surface area (Å²) in [5.74, 6) is -0.158. The van der Waals surface area contributed by atoms with Gasteiger partial charge in [0.05, 0.1) is 4.47 Å². The second-order valence-electron chi connectivity index (χ2n) is 5.39. The van der Waals surface area contributed by atoms with Crippen molar-refractivity contribution in [2.75, 3.05) is 7.05 Å². The first kappa shape index (κ1) is 13.8. The fraction of sp³-hybridized carbons (Fsp3) is 0.294.